The molecule has 0 radical (unpaired) electrons. The lowest BCUT2D eigenvalue weighted by Gasteiger charge is -2.20. The zero-order valence-electron chi connectivity index (χ0n) is 10.7. The van der Waals surface area contributed by atoms with E-state index in [2.05, 4.69) is 0 Å². The van der Waals surface area contributed by atoms with Crippen LogP contribution in [0.4, 0.5) is 14.5 Å². The van der Waals surface area contributed by atoms with E-state index in [0.717, 1.165) is 17.2 Å². The van der Waals surface area contributed by atoms with Gasteiger partial charge >= 0.3 is 0 Å². The predicted octanol–water partition coefficient (Wildman–Crippen LogP) is 3.06. The highest BCUT2D eigenvalue weighted by atomic mass is 19.1. The smallest absolute Gasteiger partial charge is 0.149 e. The molecule has 0 aliphatic rings. The minimum atomic E-state index is -0.568. The lowest BCUT2D eigenvalue weighted by Crippen LogP contribution is -2.17. The van der Waals surface area contributed by atoms with E-state index in [-0.39, 0.29) is 0 Å². The molecule has 19 heavy (non-hydrogen) atoms. The molecule has 0 spiro atoms. The fraction of sp³-hybridized carbons (Fsp3) is 0.200. The zero-order valence-corrected chi connectivity index (χ0v) is 10.7. The van der Waals surface area contributed by atoms with Crippen LogP contribution in [0.2, 0.25) is 0 Å². The fourth-order valence-corrected chi connectivity index (χ4v) is 1.93. The van der Waals surface area contributed by atoms with Crippen LogP contribution >= 0.6 is 0 Å². The van der Waals surface area contributed by atoms with Gasteiger partial charge in [0, 0.05) is 26.2 Å². The molecule has 2 nitrogen and oxygen atoms in total. The third-order valence-corrected chi connectivity index (χ3v) is 3.00. The SMILES string of the molecule is CN(Cc1ccc(CN)cc1)c1ccc(F)cc1F. The molecule has 2 rings (SSSR count). The first-order chi connectivity index (χ1) is 9.10. The van der Waals surface area contributed by atoms with Gasteiger partial charge in [0.15, 0.2) is 0 Å². The van der Waals surface area contributed by atoms with Crippen LogP contribution in [0.5, 0.6) is 0 Å². The molecule has 0 aliphatic heterocycles. The molecule has 0 unspecified atom stereocenters. The second-order valence-corrected chi connectivity index (χ2v) is 4.47. The van der Waals surface area contributed by atoms with Gasteiger partial charge in [-0.3, -0.25) is 0 Å². The molecule has 0 saturated heterocycles. The van der Waals surface area contributed by atoms with Crippen LogP contribution < -0.4 is 10.6 Å². The Bertz CT molecular complexity index is 553. The number of halogens is 2. The van der Waals surface area contributed by atoms with Crippen molar-refractivity contribution in [3.05, 3.63) is 65.2 Å². The third-order valence-electron chi connectivity index (χ3n) is 3.00. The maximum atomic E-state index is 13.6. The van der Waals surface area contributed by atoms with Gasteiger partial charge < -0.3 is 10.6 Å². The Hall–Kier alpha value is -1.94. The Kier molecular flexibility index (Phi) is 4.12. The van der Waals surface area contributed by atoms with Gasteiger partial charge in [0.2, 0.25) is 0 Å². The van der Waals surface area contributed by atoms with E-state index in [1.54, 1.807) is 11.9 Å². The van der Waals surface area contributed by atoms with E-state index in [1.165, 1.54) is 12.1 Å². The monoisotopic (exact) mass is 262 g/mol. The Morgan fingerprint density at radius 1 is 1.00 bits per heavy atom. The van der Waals surface area contributed by atoms with Gasteiger partial charge in [-0.2, -0.15) is 0 Å². The Labute approximate surface area is 111 Å². The van der Waals surface area contributed by atoms with Crippen molar-refractivity contribution in [1.29, 1.82) is 0 Å². The van der Waals surface area contributed by atoms with Crippen molar-refractivity contribution in [2.45, 2.75) is 13.1 Å². The summed E-state index contributed by atoms with van der Waals surface area (Å²) < 4.78 is 26.5. The second kappa shape index (κ2) is 5.80. The Morgan fingerprint density at radius 2 is 1.63 bits per heavy atom. The van der Waals surface area contributed by atoms with Gasteiger partial charge in [0.05, 0.1) is 5.69 Å². The van der Waals surface area contributed by atoms with Gasteiger partial charge in [-0.25, -0.2) is 8.78 Å². The number of anilines is 1. The molecule has 2 aromatic rings. The molecule has 0 saturated carbocycles. The number of rotatable bonds is 4. The molecule has 2 aromatic carbocycles. The number of benzene rings is 2. The number of nitrogens with two attached hydrogens (primary N) is 1. The molecule has 4 heteroatoms. The summed E-state index contributed by atoms with van der Waals surface area (Å²) in [6, 6.07) is 11.4. The average Bonchev–Trinajstić information content (AvgIpc) is 2.39. The summed E-state index contributed by atoms with van der Waals surface area (Å²) >= 11 is 0. The number of nitrogens with zero attached hydrogens (tertiary/aromatic N) is 1. The summed E-state index contributed by atoms with van der Waals surface area (Å²) in [6.07, 6.45) is 0. The summed E-state index contributed by atoms with van der Waals surface area (Å²) in [5, 5.41) is 0. The first-order valence-corrected chi connectivity index (χ1v) is 6.04. The largest absolute Gasteiger partial charge is 0.368 e. The van der Waals surface area contributed by atoms with E-state index < -0.39 is 11.6 Å². The molecule has 0 amide bonds. The zero-order chi connectivity index (χ0) is 13.8. The highest BCUT2D eigenvalue weighted by Crippen LogP contribution is 2.20. The van der Waals surface area contributed by atoms with Crippen molar-refractivity contribution in [3.8, 4) is 0 Å². The summed E-state index contributed by atoms with van der Waals surface area (Å²) in [4.78, 5) is 1.74. The van der Waals surface area contributed by atoms with Crippen LogP contribution in [0.25, 0.3) is 0 Å². The lowest BCUT2D eigenvalue weighted by molar-refractivity contribution is 0.581. The predicted molar refractivity (Wildman–Crippen MR) is 72.8 cm³/mol. The van der Waals surface area contributed by atoms with Crippen molar-refractivity contribution < 1.29 is 8.78 Å². The van der Waals surface area contributed by atoms with Crippen molar-refractivity contribution in [3.63, 3.8) is 0 Å². The summed E-state index contributed by atoms with van der Waals surface area (Å²) in [5.74, 6) is -1.12. The van der Waals surface area contributed by atoms with Gasteiger partial charge in [0.25, 0.3) is 0 Å². The summed E-state index contributed by atoms with van der Waals surface area (Å²) in [6.45, 7) is 1.05. The molecular formula is C15H16F2N2. The van der Waals surface area contributed by atoms with Gasteiger partial charge in [-0.1, -0.05) is 24.3 Å². The molecule has 0 atom stereocenters. The van der Waals surface area contributed by atoms with Crippen molar-refractivity contribution in [2.75, 3.05) is 11.9 Å². The normalized spacial score (nSPS) is 10.5. The number of hydrogen-bond acceptors (Lipinski definition) is 2. The maximum absolute atomic E-state index is 13.6. The third kappa shape index (κ3) is 3.29. The van der Waals surface area contributed by atoms with Gasteiger partial charge in [-0.15, -0.1) is 0 Å². The van der Waals surface area contributed by atoms with Gasteiger partial charge in [0.1, 0.15) is 11.6 Å². The molecule has 0 aromatic heterocycles. The fourth-order valence-electron chi connectivity index (χ4n) is 1.93. The van der Waals surface area contributed by atoms with E-state index in [4.69, 9.17) is 5.73 Å². The van der Waals surface area contributed by atoms with E-state index in [9.17, 15) is 8.78 Å². The Balaban J connectivity index is 2.13. The highest BCUT2D eigenvalue weighted by molar-refractivity contribution is 5.47. The molecule has 2 N–H and O–H groups in total. The highest BCUT2D eigenvalue weighted by Gasteiger charge is 2.09. The van der Waals surface area contributed by atoms with Crippen molar-refractivity contribution in [1.82, 2.24) is 0 Å². The van der Waals surface area contributed by atoms with Crippen molar-refractivity contribution >= 4 is 5.69 Å². The first kappa shape index (κ1) is 13.5. The Morgan fingerprint density at radius 3 is 2.21 bits per heavy atom. The van der Waals surface area contributed by atoms with E-state index in [0.29, 0.717) is 18.8 Å². The minimum absolute atomic E-state index is 0.379. The van der Waals surface area contributed by atoms with E-state index in [1.807, 2.05) is 24.3 Å². The number of hydrogen-bond donors (Lipinski definition) is 1. The minimum Gasteiger partial charge on any atom is -0.368 e. The maximum Gasteiger partial charge on any atom is 0.149 e. The summed E-state index contributed by atoms with van der Waals surface area (Å²) in [7, 11) is 1.77. The second-order valence-electron chi connectivity index (χ2n) is 4.47. The average molecular weight is 262 g/mol. The first-order valence-electron chi connectivity index (χ1n) is 6.04. The molecule has 0 fully saturated rings. The van der Waals surface area contributed by atoms with Crippen LogP contribution in [0.15, 0.2) is 42.5 Å². The topological polar surface area (TPSA) is 29.3 Å². The molecule has 0 bridgehead atoms. The molecular weight excluding hydrogens is 246 g/mol. The van der Waals surface area contributed by atoms with E-state index >= 15 is 0 Å². The summed E-state index contributed by atoms with van der Waals surface area (Å²) in [5.41, 5.74) is 8.01. The molecule has 100 valence electrons. The van der Waals surface area contributed by atoms with Crippen LogP contribution in [0.3, 0.4) is 0 Å². The molecule has 0 aliphatic carbocycles. The molecule has 0 heterocycles. The van der Waals surface area contributed by atoms with Gasteiger partial charge in [-0.05, 0) is 23.3 Å². The van der Waals surface area contributed by atoms with Crippen LogP contribution in [0.1, 0.15) is 11.1 Å². The lowest BCUT2D eigenvalue weighted by atomic mass is 10.1. The van der Waals surface area contributed by atoms with Crippen LogP contribution in [0, 0.1) is 11.6 Å². The standard InChI is InChI=1S/C15H16F2N2/c1-19(15-7-6-13(16)8-14(15)17)10-12-4-2-11(9-18)3-5-12/h2-8H,9-10,18H2,1H3. The quantitative estimate of drug-likeness (QED) is 0.917. The van der Waals surface area contributed by atoms with Crippen LogP contribution in [-0.2, 0) is 13.1 Å². The van der Waals surface area contributed by atoms with Crippen LogP contribution in [-0.4, -0.2) is 7.05 Å². The van der Waals surface area contributed by atoms with Crippen molar-refractivity contribution in [2.24, 2.45) is 5.73 Å².